The Morgan fingerprint density at radius 3 is 2.77 bits per heavy atom. The van der Waals surface area contributed by atoms with Gasteiger partial charge >= 0.3 is 5.97 Å². The van der Waals surface area contributed by atoms with E-state index < -0.39 is 0 Å². The lowest BCUT2D eigenvalue weighted by molar-refractivity contribution is 0.0600. The maximum Gasteiger partial charge on any atom is 0.337 e. The number of nitrogens with one attached hydrogen (secondary N) is 1. The van der Waals surface area contributed by atoms with Crippen molar-refractivity contribution in [3.05, 3.63) is 57.0 Å². The molecule has 0 spiro atoms. The summed E-state index contributed by atoms with van der Waals surface area (Å²) in [5, 5.41) is 1.94. The highest BCUT2D eigenvalue weighted by Crippen LogP contribution is 2.34. The molecular weight excluding hydrogens is 412 g/mol. The summed E-state index contributed by atoms with van der Waals surface area (Å²) in [5.74, 6) is 0.364. The van der Waals surface area contributed by atoms with Gasteiger partial charge in [0.05, 0.1) is 17.6 Å². The summed E-state index contributed by atoms with van der Waals surface area (Å²) in [6.07, 6.45) is 0.741. The number of thiophene rings is 1. The number of carbonyl (C=O) groups is 2. The van der Waals surface area contributed by atoms with Crippen LogP contribution < -0.4 is 0 Å². The normalized spacial score (nSPS) is 13.6. The highest BCUT2D eigenvalue weighted by molar-refractivity contribution is 7.20. The second-order valence-electron chi connectivity index (χ2n) is 7.90. The van der Waals surface area contributed by atoms with Gasteiger partial charge in [-0.15, -0.1) is 11.3 Å². The number of methoxy groups -OCH3 is 1. The molecule has 0 bridgehead atoms. The minimum absolute atomic E-state index is 0.0154. The zero-order chi connectivity index (χ0) is 21.9. The number of carbonyl (C=O) groups excluding carboxylic acids is 2. The first kappa shape index (κ1) is 19.7. The first-order chi connectivity index (χ1) is 14.9. The van der Waals surface area contributed by atoms with E-state index in [0.717, 1.165) is 54.9 Å². The van der Waals surface area contributed by atoms with Gasteiger partial charge in [-0.05, 0) is 44.5 Å². The SMILES string of the molecule is COC(=O)c1ccc2[nH]c3c(c2c1)CN(C(=O)c1sc2nc(C)nc(C)c2c1C)CC3. The van der Waals surface area contributed by atoms with E-state index in [1.807, 2.05) is 37.8 Å². The standard InChI is InChI=1S/C23H22N4O3S/c1-11-19-12(2)24-13(3)25-21(19)31-20(11)22(28)27-8-7-18-16(10-27)15-9-14(23(29)30-4)5-6-17(15)26-18/h5-6,9,26H,7-8,10H2,1-4H3. The molecule has 1 N–H and O–H groups in total. The van der Waals surface area contributed by atoms with Gasteiger partial charge < -0.3 is 14.6 Å². The molecule has 4 aromatic rings. The average Bonchev–Trinajstić information content (AvgIpc) is 3.29. The number of amides is 1. The fourth-order valence-electron chi connectivity index (χ4n) is 4.45. The average molecular weight is 435 g/mol. The van der Waals surface area contributed by atoms with E-state index in [1.165, 1.54) is 18.4 Å². The summed E-state index contributed by atoms with van der Waals surface area (Å²) in [5.41, 5.74) is 5.50. The van der Waals surface area contributed by atoms with Crippen LogP contribution in [0, 0.1) is 20.8 Å². The Morgan fingerprint density at radius 2 is 2.00 bits per heavy atom. The Hall–Kier alpha value is -3.26. The first-order valence-electron chi connectivity index (χ1n) is 10.1. The largest absolute Gasteiger partial charge is 0.465 e. The molecule has 158 valence electrons. The molecule has 1 aromatic carbocycles. The lowest BCUT2D eigenvalue weighted by atomic mass is 10.0. The Bertz CT molecular complexity index is 1380. The van der Waals surface area contributed by atoms with Crippen LogP contribution in [-0.2, 0) is 17.7 Å². The van der Waals surface area contributed by atoms with Crippen LogP contribution in [0.25, 0.3) is 21.1 Å². The summed E-state index contributed by atoms with van der Waals surface area (Å²) in [7, 11) is 1.38. The molecule has 0 unspecified atom stereocenters. The Kier molecular flexibility index (Phi) is 4.55. The zero-order valence-electron chi connectivity index (χ0n) is 17.8. The number of hydrogen-bond donors (Lipinski definition) is 1. The van der Waals surface area contributed by atoms with Crippen molar-refractivity contribution >= 4 is 44.3 Å². The van der Waals surface area contributed by atoms with Gasteiger partial charge in [0.15, 0.2) is 0 Å². The lowest BCUT2D eigenvalue weighted by Gasteiger charge is -2.27. The van der Waals surface area contributed by atoms with Crippen LogP contribution in [0.15, 0.2) is 18.2 Å². The van der Waals surface area contributed by atoms with Gasteiger partial charge in [-0.1, -0.05) is 0 Å². The van der Waals surface area contributed by atoms with Crippen molar-refractivity contribution in [3.63, 3.8) is 0 Å². The molecule has 0 fully saturated rings. The van der Waals surface area contributed by atoms with E-state index in [2.05, 4.69) is 15.0 Å². The molecule has 0 atom stereocenters. The van der Waals surface area contributed by atoms with E-state index in [-0.39, 0.29) is 11.9 Å². The molecule has 5 rings (SSSR count). The molecule has 0 aliphatic carbocycles. The number of esters is 1. The smallest absolute Gasteiger partial charge is 0.337 e. The van der Waals surface area contributed by atoms with Crippen molar-refractivity contribution in [2.24, 2.45) is 0 Å². The second kappa shape index (κ2) is 7.16. The maximum absolute atomic E-state index is 13.5. The number of rotatable bonds is 2. The zero-order valence-corrected chi connectivity index (χ0v) is 18.6. The molecule has 31 heavy (non-hydrogen) atoms. The number of H-pyrrole nitrogens is 1. The third-order valence-corrected chi connectivity index (χ3v) is 7.13. The van der Waals surface area contributed by atoms with Crippen LogP contribution in [0.4, 0.5) is 0 Å². The topological polar surface area (TPSA) is 88.2 Å². The van der Waals surface area contributed by atoms with E-state index >= 15 is 0 Å². The Morgan fingerprint density at radius 1 is 1.19 bits per heavy atom. The van der Waals surface area contributed by atoms with Crippen LogP contribution in [0.2, 0.25) is 0 Å². The van der Waals surface area contributed by atoms with Crippen LogP contribution in [-0.4, -0.2) is 45.4 Å². The number of ether oxygens (including phenoxy) is 1. The summed E-state index contributed by atoms with van der Waals surface area (Å²) >= 11 is 1.44. The summed E-state index contributed by atoms with van der Waals surface area (Å²) in [4.78, 5) is 41.4. The van der Waals surface area contributed by atoms with Gasteiger partial charge in [0.25, 0.3) is 5.91 Å². The monoisotopic (exact) mass is 434 g/mol. The van der Waals surface area contributed by atoms with Crippen LogP contribution in [0.3, 0.4) is 0 Å². The summed E-state index contributed by atoms with van der Waals surface area (Å²) in [6, 6.07) is 5.49. The van der Waals surface area contributed by atoms with Gasteiger partial charge in [0.1, 0.15) is 10.7 Å². The predicted molar refractivity (Wildman–Crippen MR) is 120 cm³/mol. The van der Waals surface area contributed by atoms with Crippen molar-refractivity contribution < 1.29 is 14.3 Å². The Labute approximate surface area is 183 Å². The highest BCUT2D eigenvalue weighted by Gasteiger charge is 2.28. The van der Waals surface area contributed by atoms with E-state index in [1.54, 1.807) is 6.07 Å². The number of hydrogen-bond acceptors (Lipinski definition) is 6. The molecular formula is C23H22N4O3S. The molecule has 1 amide bonds. The number of benzene rings is 1. The third kappa shape index (κ3) is 3.09. The quantitative estimate of drug-likeness (QED) is 0.480. The molecule has 7 nitrogen and oxygen atoms in total. The molecule has 0 radical (unpaired) electrons. The Balaban J connectivity index is 1.52. The van der Waals surface area contributed by atoms with E-state index in [4.69, 9.17) is 4.74 Å². The predicted octanol–water partition coefficient (Wildman–Crippen LogP) is 4.08. The van der Waals surface area contributed by atoms with Crippen LogP contribution in [0.1, 0.15) is 48.4 Å². The molecule has 0 saturated heterocycles. The number of aromatic amines is 1. The fourth-order valence-corrected chi connectivity index (χ4v) is 5.70. The van der Waals surface area contributed by atoms with Crippen molar-refractivity contribution in [3.8, 4) is 0 Å². The highest BCUT2D eigenvalue weighted by atomic mass is 32.1. The molecule has 1 aliphatic rings. The van der Waals surface area contributed by atoms with Crippen LogP contribution >= 0.6 is 11.3 Å². The molecule has 0 saturated carbocycles. The number of fused-ring (bicyclic) bond motifs is 4. The second-order valence-corrected chi connectivity index (χ2v) is 8.90. The minimum Gasteiger partial charge on any atom is -0.465 e. The molecule has 1 aliphatic heterocycles. The van der Waals surface area contributed by atoms with Gasteiger partial charge in [0.2, 0.25) is 0 Å². The summed E-state index contributed by atoms with van der Waals surface area (Å²) < 4.78 is 4.86. The van der Waals surface area contributed by atoms with Crippen molar-refractivity contribution in [2.75, 3.05) is 13.7 Å². The molecule has 4 heterocycles. The van der Waals surface area contributed by atoms with Gasteiger partial charge in [-0.25, -0.2) is 14.8 Å². The van der Waals surface area contributed by atoms with Gasteiger partial charge in [-0.2, -0.15) is 0 Å². The lowest BCUT2D eigenvalue weighted by Crippen LogP contribution is -2.35. The molecule has 8 heteroatoms. The number of aromatic nitrogens is 3. The summed E-state index contributed by atoms with van der Waals surface area (Å²) in [6.45, 7) is 6.94. The fraction of sp³-hybridized carbons (Fsp3) is 0.304. The van der Waals surface area contributed by atoms with Crippen molar-refractivity contribution in [1.82, 2.24) is 19.9 Å². The van der Waals surface area contributed by atoms with Crippen molar-refractivity contribution in [1.29, 1.82) is 0 Å². The molecule has 3 aromatic heterocycles. The third-order valence-electron chi connectivity index (χ3n) is 5.96. The number of aryl methyl sites for hydroxylation is 3. The maximum atomic E-state index is 13.5. The van der Waals surface area contributed by atoms with Crippen molar-refractivity contribution in [2.45, 2.75) is 33.7 Å². The van der Waals surface area contributed by atoms with Gasteiger partial charge in [0, 0.05) is 52.8 Å². The van der Waals surface area contributed by atoms with E-state index in [9.17, 15) is 9.59 Å². The first-order valence-corrected chi connectivity index (χ1v) is 10.9. The number of nitrogens with zero attached hydrogens (tertiary/aromatic N) is 3. The van der Waals surface area contributed by atoms with Crippen LogP contribution in [0.5, 0.6) is 0 Å². The van der Waals surface area contributed by atoms with E-state index in [0.29, 0.717) is 24.5 Å². The van der Waals surface area contributed by atoms with Gasteiger partial charge in [-0.3, -0.25) is 4.79 Å². The minimum atomic E-state index is -0.367.